The van der Waals surface area contributed by atoms with Crippen LogP contribution in [0.25, 0.3) is 0 Å². The van der Waals surface area contributed by atoms with Crippen molar-refractivity contribution in [1.29, 1.82) is 0 Å². The van der Waals surface area contributed by atoms with Crippen molar-refractivity contribution in [2.75, 3.05) is 11.9 Å². The summed E-state index contributed by atoms with van der Waals surface area (Å²) in [5.41, 5.74) is 2.27. The zero-order valence-electron chi connectivity index (χ0n) is 11.6. The number of carbonyl (C=O) groups excluding carboxylic acids is 1. The van der Waals surface area contributed by atoms with E-state index in [1.54, 1.807) is 30.3 Å². The van der Waals surface area contributed by atoms with Gasteiger partial charge in [0.05, 0.1) is 0 Å². The van der Waals surface area contributed by atoms with Crippen LogP contribution < -0.4 is 10.1 Å². The van der Waals surface area contributed by atoms with E-state index in [1.807, 2.05) is 25.1 Å². The molecule has 0 spiro atoms. The summed E-state index contributed by atoms with van der Waals surface area (Å²) in [6, 6.07) is 14.2. The van der Waals surface area contributed by atoms with Crippen LogP contribution in [-0.4, -0.2) is 17.8 Å². The molecule has 21 heavy (non-hydrogen) atoms. The van der Waals surface area contributed by atoms with E-state index in [0.717, 1.165) is 11.1 Å². The maximum Gasteiger partial charge on any atom is 0.417 e. The van der Waals surface area contributed by atoms with E-state index in [1.165, 1.54) is 0 Å². The Kier molecular flexibility index (Phi) is 4.97. The van der Waals surface area contributed by atoms with Gasteiger partial charge in [0.15, 0.2) is 0 Å². The Morgan fingerprint density at radius 1 is 1.24 bits per heavy atom. The van der Waals surface area contributed by atoms with Gasteiger partial charge in [-0.2, -0.15) is 0 Å². The maximum atomic E-state index is 11.8. The Labute approximate surface area is 123 Å². The first kappa shape index (κ1) is 14.6. The molecule has 2 aromatic carbocycles. The Bertz CT molecular complexity index is 684. The minimum absolute atomic E-state index is 0.202. The second-order valence-electron chi connectivity index (χ2n) is 4.38. The van der Waals surface area contributed by atoms with E-state index in [0.29, 0.717) is 11.4 Å². The molecule has 0 aromatic heterocycles. The van der Waals surface area contributed by atoms with Crippen LogP contribution in [0.4, 0.5) is 10.5 Å². The monoisotopic (exact) mass is 281 g/mol. The quantitative estimate of drug-likeness (QED) is 0.832. The Morgan fingerprint density at radius 3 is 2.71 bits per heavy atom. The zero-order chi connectivity index (χ0) is 15.1. The first-order valence-corrected chi connectivity index (χ1v) is 6.42. The van der Waals surface area contributed by atoms with Crippen LogP contribution >= 0.6 is 0 Å². The third-order valence-corrected chi connectivity index (χ3v) is 2.59. The number of nitrogens with one attached hydrogen (secondary N) is 1. The molecule has 0 fully saturated rings. The van der Waals surface area contributed by atoms with Gasteiger partial charge in [-0.3, -0.25) is 5.32 Å². The number of amides is 1. The molecule has 0 saturated carbocycles. The first-order chi connectivity index (χ1) is 10.2. The molecule has 0 bridgehead atoms. The van der Waals surface area contributed by atoms with E-state index in [-0.39, 0.29) is 6.61 Å². The van der Waals surface area contributed by atoms with Gasteiger partial charge in [-0.05, 0) is 42.8 Å². The van der Waals surface area contributed by atoms with Crippen molar-refractivity contribution in [1.82, 2.24) is 0 Å². The van der Waals surface area contributed by atoms with Crippen molar-refractivity contribution in [3.63, 3.8) is 0 Å². The molecule has 0 atom stereocenters. The van der Waals surface area contributed by atoms with Crippen molar-refractivity contribution in [2.24, 2.45) is 0 Å². The predicted molar refractivity (Wildman–Crippen MR) is 81.2 cm³/mol. The molecule has 0 aliphatic rings. The van der Waals surface area contributed by atoms with Gasteiger partial charge in [-0.1, -0.05) is 30.0 Å². The Morgan fingerprint density at radius 2 is 2.00 bits per heavy atom. The van der Waals surface area contributed by atoms with Crippen molar-refractivity contribution in [2.45, 2.75) is 6.92 Å². The average molecular weight is 281 g/mol. The third kappa shape index (κ3) is 4.68. The molecule has 1 amide bonds. The number of benzene rings is 2. The fraction of sp³-hybridized carbons (Fsp3) is 0.118. The summed E-state index contributed by atoms with van der Waals surface area (Å²) in [5, 5.41) is 11.4. The Hall–Kier alpha value is -2.77. The smallest absolute Gasteiger partial charge is 0.410 e. The number of hydrogen-bond acceptors (Lipinski definition) is 3. The lowest BCUT2D eigenvalue weighted by Gasteiger charge is -2.08. The van der Waals surface area contributed by atoms with Crippen LogP contribution in [0.5, 0.6) is 5.75 Å². The highest BCUT2D eigenvalue weighted by Gasteiger charge is 2.05. The van der Waals surface area contributed by atoms with Gasteiger partial charge in [0.1, 0.15) is 12.4 Å². The number of aliphatic hydroxyl groups excluding tert-OH is 1. The van der Waals surface area contributed by atoms with Gasteiger partial charge >= 0.3 is 6.09 Å². The van der Waals surface area contributed by atoms with Gasteiger partial charge in [-0.25, -0.2) is 4.79 Å². The lowest BCUT2D eigenvalue weighted by atomic mass is 10.1. The number of aliphatic hydroxyl groups is 1. The third-order valence-electron chi connectivity index (χ3n) is 2.59. The summed E-state index contributed by atoms with van der Waals surface area (Å²) in [4.78, 5) is 11.8. The van der Waals surface area contributed by atoms with Crippen LogP contribution in [0.15, 0.2) is 48.5 Å². The normalized spacial score (nSPS) is 9.43. The maximum absolute atomic E-state index is 11.8. The fourth-order valence-electron chi connectivity index (χ4n) is 1.81. The minimum atomic E-state index is -0.562. The number of rotatable bonds is 2. The summed E-state index contributed by atoms with van der Waals surface area (Å²) >= 11 is 0. The summed E-state index contributed by atoms with van der Waals surface area (Å²) in [6.45, 7) is 1.70. The second-order valence-corrected chi connectivity index (χ2v) is 4.38. The largest absolute Gasteiger partial charge is 0.417 e. The van der Waals surface area contributed by atoms with E-state index < -0.39 is 6.09 Å². The van der Waals surface area contributed by atoms with E-state index in [2.05, 4.69) is 17.2 Å². The molecule has 0 radical (unpaired) electrons. The van der Waals surface area contributed by atoms with Crippen LogP contribution in [0.3, 0.4) is 0 Å². The number of anilines is 1. The van der Waals surface area contributed by atoms with Gasteiger partial charge in [0.25, 0.3) is 0 Å². The summed E-state index contributed by atoms with van der Waals surface area (Å²) in [5.74, 6) is 5.86. The fourth-order valence-corrected chi connectivity index (χ4v) is 1.81. The summed E-state index contributed by atoms with van der Waals surface area (Å²) in [6.07, 6.45) is -0.562. The average Bonchev–Trinajstić information content (AvgIpc) is 2.45. The molecular formula is C17H15NO3. The van der Waals surface area contributed by atoms with Crippen LogP contribution in [0.2, 0.25) is 0 Å². The molecular weight excluding hydrogens is 266 g/mol. The molecule has 0 aliphatic carbocycles. The van der Waals surface area contributed by atoms with Crippen molar-refractivity contribution in [3.8, 4) is 17.6 Å². The van der Waals surface area contributed by atoms with E-state index >= 15 is 0 Å². The molecule has 2 N–H and O–H groups in total. The molecule has 4 heteroatoms. The number of para-hydroxylation sites is 1. The van der Waals surface area contributed by atoms with Crippen molar-refractivity contribution >= 4 is 11.8 Å². The number of carbonyl (C=O) groups is 1. The molecule has 0 heterocycles. The van der Waals surface area contributed by atoms with Crippen LogP contribution in [0, 0.1) is 18.8 Å². The van der Waals surface area contributed by atoms with Crippen molar-refractivity contribution < 1.29 is 14.6 Å². The zero-order valence-corrected chi connectivity index (χ0v) is 11.6. The van der Waals surface area contributed by atoms with Gasteiger partial charge in [0, 0.05) is 11.3 Å². The molecule has 0 saturated heterocycles. The molecule has 0 aliphatic heterocycles. The SMILES string of the molecule is Cc1cc(C#CCO)cc(NC(=O)Oc2ccccc2)c1. The molecule has 106 valence electrons. The standard InChI is InChI=1S/C17H15NO3/c1-13-10-14(6-5-9-19)12-15(11-13)18-17(20)21-16-7-3-2-4-8-16/h2-4,7-8,10-12,19H,9H2,1H3,(H,18,20). The first-order valence-electron chi connectivity index (χ1n) is 6.42. The molecule has 2 aromatic rings. The summed E-state index contributed by atoms with van der Waals surface area (Å²) < 4.78 is 5.15. The van der Waals surface area contributed by atoms with Crippen LogP contribution in [0.1, 0.15) is 11.1 Å². The highest BCUT2D eigenvalue weighted by atomic mass is 16.6. The minimum Gasteiger partial charge on any atom is -0.410 e. The van der Waals surface area contributed by atoms with Gasteiger partial charge < -0.3 is 9.84 Å². The molecule has 2 rings (SSSR count). The van der Waals surface area contributed by atoms with Gasteiger partial charge in [-0.15, -0.1) is 0 Å². The van der Waals surface area contributed by atoms with Crippen molar-refractivity contribution in [3.05, 3.63) is 59.7 Å². The number of ether oxygens (including phenoxy) is 1. The lowest BCUT2D eigenvalue weighted by Crippen LogP contribution is -2.16. The number of aryl methyl sites for hydroxylation is 1. The molecule has 4 nitrogen and oxygen atoms in total. The van der Waals surface area contributed by atoms with Crippen LogP contribution in [-0.2, 0) is 0 Å². The molecule has 0 unspecified atom stereocenters. The van der Waals surface area contributed by atoms with Gasteiger partial charge in [0.2, 0.25) is 0 Å². The summed E-state index contributed by atoms with van der Waals surface area (Å²) in [7, 11) is 0. The van der Waals surface area contributed by atoms with E-state index in [9.17, 15) is 4.79 Å². The highest BCUT2D eigenvalue weighted by molar-refractivity contribution is 5.86. The number of hydrogen-bond donors (Lipinski definition) is 2. The lowest BCUT2D eigenvalue weighted by molar-refractivity contribution is 0.215. The highest BCUT2D eigenvalue weighted by Crippen LogP contribution is 2.15. The van der Waals surface area contributed by atoms with E-state index in [4.69, 9.17) is 9.84 Å². The topological polar surface area (TPSA) is 58.6 Å². The second kappa shape index (κ2) is 7.13. The predicted octanol–water partition coefficient (Wildman–Crippen LogP) is 2.95. The Balaban J connectivity index is 2.08.